The molecule has 4 aromatic carbocycles. The summed E-state index contributed by atoms with van der Waals surface area (Å²) in [6.07, 6.45) is 2.04. The second kappa shape index (κ2) is 10.6. The van der Waals surface area contributed by atoms with Gasteiger partial charge in [-0.25, -0.2) is 0 Å². The highest BCUT2D eigenvalue weighted by Crippen LogP contribution is 2.42. The lowest BCUT2D eigenvalue weighted by atomic mass is 10.2. The van der Waals surface area contributed by atoms with Crippen LogP contribution in [-0.2, 0) is 16.1 Å². The number of hydrogen-bond donors (Lipinski definition) is 0. The molecule has 0 aliphatic carbocycles. The Labute approximate surface area is 189 Å². The largest absolute Gasteiger partial charge is 0.461 e. The summed E-state index contributed by atoms with van der Waals surface area (Å²) in [5.74, 6) is -0.256. The quantitative estimate of drug-likeness (QED) is 0.299. The first-order valence-corrected chi connectivity index (χ1v) is 12.4. The summed E-state index contributed by atoms with van der Waals surface area (Å²) in [6.45, 7) is -1.92. The number of hydrogen-bond acceptors (Lipinski definition) is 2. The van der Waals surface area contributed by atoms with Crippen LogP contribution in [0.5, 0.6) is 0 Å². The van der Waals surface area contributed by atoms with E-state index in [-0.39, 0.29) is 19.0 Å². The van der Waals surface area contributed by atoms with Crippen molar-refractivity contribution in [3.63, 3.8) is 0 Å². The van der Waals surface area contributed by atoms with E-state index in [4.69, 9.17) is 4.74 Å². The second-order valence-corrected chi connectivity index (χ2v) is 10.5. The lowest BCUT2D eigenvalue weighted by Crippen LogP contribution is -2.25. The number of ether oxygens (including phenoxy) is 1. The van der Waals surface area contributed by atoms with Gasteiger partial charge in [0.25, 0.3) is 0 Å². The molecule has 3 heteroatoms. The van der Waals surface area contributed by atoms with E-state index in [0.29, 0.717) is 0 Å². The number of esters is 1. The van der Waals surface area contributed by atoms with E-state index in [1.807, 2.05) is 54.6 Å². The fourth-order valence-electron chi connectivity index (χ4n) is 3.69. The molecule has 0 fully saturated rings. The summed E-state index contributed by atoms with van der Waals surface area (Å²) >= 11 is 0. The maximum absolute atomic E-state index is 12.4. The van der Waals surface area contributed by atoms with Gasteiger partial charge in [0.2, 0.25) is 0 Å². The standard InChI is InChI=1S/C29H25O2P/c30-29(31-24-25-14-5-1-6-15-25)22-13-23-32(26-16-7-2-8-17-26,27-18-9-3-10-19-27)28-20-11-4-12-21-28/h1-21H,22,24H2. The highest BCUT2D eigenvalue weighted by atomic mass is 31.2. The van der Waals surface area contributed by atoms with Crippen molar-refractivity contribution in [1.29, 1.82) is 0 Å². The highest BCUT2D eigenvalue weighted by Gasteiger charge is 2.24. The Morgan fingerprint density at radius 1 is 0.656 bits per heavy atom. The molecule has 2 nitrogen and oxygen atoms in total. The molecular formula is C29H25O2P. The van der Waals surface area contributed by atoms with Crippen LogP contribution in [0.4, 0.5) is 0 Å². The SMILES string of the molecule is O=C(CC=C=P(c1ccccc1)(c1ccccc1)c1ccccc1)OCc1ccccc1. The molecule has 0 bridgehead atoms. The molecule has 4 rings (SSSR count). The predicted octanol–water partition coefficient (Wildman–Crippen LogP) is 5.07. The van der Waals surface area contributed by atoms with E-state index in [1.165, 1.54) is 15.9 Å². The Morgan fingerprint density at radius 2 is 1.06 bits per heavy atom. The Balaban J connectivity index is 1.75. The average molecular weight is 436 g/mol. The minimum atomic E-state index is -2.20. The van der Waals surface area contributed by atoms with Crippen molar-refractivity contribution in [1.82, 2.24) is 0 Å². The zero-order chi connectivity index (χ0) is 22.1. The van der Waals surface area contributed by atoms with Gasteiger partial charge in [-0.2, -0.15) is 0 Å². The molecule has 32 heavy (non-hydrogen) atoms. The number of carbonyl (C=O) groups is 1. The number of benzene rings is 4. The first-order chi connectivity index (χ1) is 15.8. The van der Waals surface area contributed by atoms with Crippen LogP contribution in [0.3, 0.4) is 0 Å². The molecule has 0 aromatic heterocycles. The molecule has 0 heterocycles. The molecule has 0 aliphatic rings. The minimum absolute atomic E-state index is 0.182. The molecular weight excluding hydrogens is 411 g/mol. The van der Waals surface area contributed by atoms with Crippen molar-refractivity contribution < 1.29 is 9.53 Å². The van der Waals surface area contributed by atoms with Crippen LogP contribution in [0, 0.1) is 0 Å². The second-order valence-electron chi connectivity index (χ2n) is 7.36. The molecule has 0 aliphatic heterocycles. The fraction of sp³-hybridized carbons (Fsp3) is 0.0690. The molecule has 0 N–H and O–H groups in total. The van der Waals surface area contributed by atoms with Crippen LogP contribution in [0.15, 0.2) is 127 Å². The van der Waals surface area contributed by atoms with E-state index in [9.17, 15) is 4.79 Å². The summed E-state index contributed by atoms with van der Waals surface area (Å²) in [4.78, 5) is 12.4. The maximum atomic E-state index is 12.4. The van der Waals surface area contributed by atoms with Gasteiger partial charge in [0.05, 0.1) is 6.42 Å². The van der Waals surface area contributed by atoms with Gasteiger partial charge in [-0.15, -0.1) is 5.45 Å². The third-order valence-electron chi connectivity index (χ3n) is 5.23. The lowest BCUT2D eigenvalue weighted by Gasteiger charge is -2.26. The molecule has 4 aromatic rings. The van der Waals surface area contributed by atoms with Crippen LogP contribution < -0.4 is 15.9 Å². The predicted molar refractivity (Wildman–Crippen MR) is 136 cm³/mol. The van der Waals surface area contributed by atoms with Crippen molar-refractivity contribution in [2.45, 2.75) is 13.0 Å². The maximum Gasteiger partial charge on any atom is 0.310 e. The first-order valence-electron chi connectivity index (χ1n) is 10.6. The van der Waals surface area contributed by atoms with Crippen LogP contribution in [-0.4, -0.2) is 11.4 Å². The van der Waals surface area contributed by atoms with Gasteiger partial charge in [0, 0.05) is 6.89 Å². The van der Waals surface area contributed by atoms with Crippen molar-refractivity contribution in [2.75, 3.05) is 0 Å². The van der Waals surface area contributed by atoms with Gasteiger partial charge in [-0.1, -0.05) is 121 Å². The Bertz CT molecular complexity index is 1120. The highest BCUT2D eigenvalue weighted by molar-refractivity contribution is 7.94. The van der Waals surface area contributed by atoms with Crippen LogP contribution in [0.1, 0.15) is 12.0 Å². The van der Waals surface area contributed by atoms with Crippen LogP contribution in [0.2, 0.25) is 0 Å². The van der Waals surface area contributed by atoms with Crippen molar-refractivity contribution >= 4 is 34.2 Å². The lowest BCUT2D eigenvalue weighted by molar-refractivity contribution is -0.143. The molecule has 0 atom stereocenters. The molecule has 158 valence electrons. The minimum Gasteiger partial charge on any atom is -0.461 e. The van der Waals surface area contributed by atoms with E-state index in [1.54, 1.807) is 0 Å². The van der Waals surface area contributed by atoms with Gasteiger partial charge in [0.15, 0.2) is 0 Å². The monoisotopic (exact) mass is 436 g/mol. The third-order valence-corrected chi connectivity index (χ3v) is 9.01. The Hall–Kier alpha value is -3.57. The zero-order valence-electron chi connectivity index (χ0n) is 17.8. The van der Waals surface area contributed by atoms with E-state index in [0.717, 1.165) is 5.56 Å². The Kier molecular flexibility index (Phi) is 7.20. The number of carbonyl (C=O) groups excluding carboxylic acids is 1. The number of rotatable bonds is 7. The van der Waals surface area contributed by atoms with Gasteiger partial charge in [-0.3, -0.25) is 4.79 Å². The van der Waals surface area contributed by atoms with Gasteiger partial charge < -0.3 is 4.74 Å². The van der Waals surface area contributed by atoms with Crippen molar-refractivity contribution in [3.8, 4) is 0 Å². The van der Waals surface area contributed by atoms with Gasteiger partial charge >= 0.3 is 5.97 Å². The average Bonchev–Trinajstić information content (AvgIpc) is 2.88. The Morgan fingerprint density at radius 3 is 1.50 bits per heavy atom. The molecule has 0 spiro atoms. The van der Waals surface area contributed by atoms with Crippen molar-refractivity contribution in [2.24, 2.45) is 0 Å². The normalized spacial score (nSPS) is 10.8. The molecule has 0 saturated heterocycles. The molecule has 0 unspecified atom stereocenters. The summed E-state index contributed by atoms with van der Waals surface area (Å²) in [5, 5.41) is 3.60. The summed E-state index contributed by atoms with van der Waals surface area (Å²) in [7, 11) is 0. The van der Waals surface area contributed by atoms with Crippen LogP contribution in [0.25, 0.3) is 0 Å². The van der Waals surface area contributed by atoms with Crippen molar-refractivity contribution in [3.05, 3.63) is 133 Å². The van der Waals surface area contributed by atoms with Crippen LogP contribution >= 0.6 is 6.89 Å². The summed E-state index contributed by atoms with van der Waals surface area (Å²) < 4.78 is 5.46. The zero-order valence-corrected chi connectivity index (χ0v) is 18.7. The fourth-order valence-corrected chi connectivity index (χ4v) is 7.25. The van der Waals surface area contributed by atoms with E-state index < -0.39 is 6.89 Å². The van der Waals surface area contributed by atoms with E-state index >= 15 is 0 Å². The summed E-state index contributed by atoms with van der Waals surface area (Å²) in [5.41, 5.74) is 4.68. The van der Waals surface area contributed by atoms with Gasteiger partial charge in [-0.05, 0) is 27.6 Å². The topological polar surface area (TPSA) is 26.3 Å². The molecule has 0 amide bonds. The molecule has 0 radical (unpaired) electrons. The molecule has 0 saturated carbocycles. The third kappa shape index (κ3) is 5.01. The first kappa shape index (κ1) is 21.7. The summed E-state index contributed by atoms with van der Waals surface area (Å²) in [6, 6.07) is 41.1. The van der Waals surface area contributed by atoms with Gasteiger partial charge in [0.1, 0.15) is 6.61 Å². The smallest absolute Gasteiger partial charge is 0.310 e. The van der Waals surface area contributed by atoms with E-state index in [2.05, 4.69) is 78.2 Å².